The number of allylic oxidation sites excluding steroid dienone is 1. The van der Waals surface area contributed by atoms with Gasteiger partial charge in [0.2, 0.25) is 0 Å². The molecule has 4 N–H and O–H groups in total. The number of amidine groups is 1. The van der Waals surface area contributed by atoms with Crippen molar-refractivity contribution in [2.24, 2.45) is 16.6 Å². The summed E-state index contributed by atoms with van der Waals surface area (Å²) in [5.41, 5.74) is 9.64. The maximum atomic E-state index is 13.3. The zero-order valence-electron chi connectivity index (χ0n) is 17.1. The largest absolute Gasteiger partial charge is 0.363 e. The molecular weight excluding hydrogens is 360 g/mol. The van der Waals surface area contributed by atoms with Crippen LogP contribution >= 0.6 is 0 Å². The van der Waals surface area contributed by atoms with Crippen LogP contribution in [-0.4, -0.2) is 36.7 Å². The molecule has 1 aromatic carbocycles. The molecule has 0 bridgehead atoms. The van der Waals surface area contributed by atoms with E-state index in [-0.39, 0.29) is 5.92 Å². The normalized spacial score (nSPS) is 28.0. The summed E-state index contributed by atoms with van der Waals surface area (Å²) >= 11 is 0. The number of nitrogens with one attached hydrogen (secondary N) is 2. The molecular formula is C21H31F2N5. The third kappa shape index (κ3) is 4.36. The molecule has 1 saturated carbocycles. The lowest BCUT2D eigenvalue weighted by atomic mass is 9.81. The van der Waals surface area contributed by atoms with Crippen LogP contribution in [0.3, 0.4) is 0 Å². The molecule has 0 aromatic heterocycles. The zero-order valence-corrected chi connectivity index (χ0v) is 17.1. The summed E-state index contributed by atoms with van der Waals surface area (Å²) in [5, 5.41) is 6.89. The molecule has 7 heteroatoms. The molecule has 1 aliphatic carbocycles. The van der Waals surface area contributed by atoms with E-state index in [1.165, 1.54) is 12.1 Å². The van der Waals surface area contributed by atoms with E-state index in [1.807, 2.05) is 25.9 Å². The van der Waals surface area contributed by atoms with E-state index < -0.39 is 17.4 Å². The van der Waals surface area contributed by atoms with Crippen LogP contribution in [0.15, 0.2) is 34.5 Å². The van der Waals surface area contributed by atoms with Crippen LogP contribution in [0, 0.1) is 17.6 Å². The summed E-state index contributed by atoms with van der Waals surface area (Å²) in [6, 6.07) is 4.39. The summed E-state index contributed by atoms with van der Waals surface area (Å²) in [4.78, 5) is 6.87. The van der Waals surface area contributed by atoms with Crippen LogP contribution in [0.4, 0.5) is 8.78 Å². The number of hydrogen-bond acceptors (Lipinski definition) is 5. The highest BCUT2D eigenvalue weighted by molar-refractivity contribution is 5.99. The van der Waals surface area contributed by atoms with Crippen molar-refractivity contribution in [1.82, 2.24) is 15.5 Å². The van der Waals surface area contributed by atoms with Crippen molar-refractivity contribution < 1.29 is 8.78 Å². The van der Waals surface area contributed by atoms with Gasteiger partial charge in [-0.15, -0.1) is 0 Å². The van der Waals surface area contributed by atoms with Crippen molar-refractivity contribution >= 4 is 5.84 Å². The molecule has 2 aliphatic rings. The molecule has 0 amide bonds. The quantitative estimate of drug-likeness (QED) is 0.738. The number of hydrogen-bond donors (Lipinski definition) is 3. The van der Waals surface area contributed by atoms with E-state index >= 15 is 0 Å². The Bertz CT molecular complexity index is 781. The number of nitrogens with zero attached hydrogens (tertiary/aromatic N) is 2. The monoisotopic (exact) mass is 391 g/mol. The van der Waals surface area contributed by atoms with Crippen LogP contribution in [0.1, 0.15) is 45.1 Å². The molecule has 0 saturated heterocycles. The molecule has 154 valence electrons. The number of rotatable bonds is 4. The highest BCUT2D eigenvalue weighted by Gasteiger charge is 2.40. The number of benzene rings is 1. The maximum Gasteiger partial charge on any atom is 0.187 e. The minimum Gasteiger partial charge on any atom is -0.363 e. The average Bonchev–Trinajstić information content (AvgIpc) is 2.66. The SMILES string of the molecule is CC1=C(C)C(N(C)C)=NC(N)(C2CCC(NCc3ccc(F)c(F)c3)CC2)N1. The van der Waals surface area contributed by atoms with Gasteiger partial charge < -0.3 is 15.5 Å². The highest BCUT2D eigenvalue weighted by Crippen LogP contribution is 2.34. The summed E-state index contributed by atoms with van der Waals surface area (Å²) in [6.07, 6.45) is 3.86. The van der Waals surface area contributed by atoms with Gasteiger partial charge in [0.1, 0.15) is 5.84 Å². The standard InChI is InChI=1S/C21H31F2N5/c1-13-14(2)26-21(24,27-20(13)28(3)4)16-6-8-17(9-7-16)25-12-15-5-10-18(22)19(23)11-15/h5,10-11,16-17,25-26H,6-9,12,24H2,1-4H3. The Balaban J connectivity index is 1.58. The Labute approximate surface area is 166 Å². The second-order valence-corrected chi connectivity index (χ2v) is 8.21. The summed E-state index contributed by atoms with van der Waals surface area (Å²) in [5.74, 6) is -1.22. The minimum absolute atomic E-state index is 0.242. The number of nitrogens with two attached hydrogens (primary N) is 1. The summed E-state index contributed by atoms with van der Waals surface area (Å²) in [7, 11) is 3.97. The number of halogens is 2. The molecule has 0 spiro atoms. The second kappa shape index (κ2) is 8.17. The van der Waals surface area contributed by atoms with Gasteiger partial charge in [0, 0.05) is 43.9 Å². The fraction of sp³-hybridized carbons (Fsp3) is 0.571. The third-order valence-electron chi connectivity index (χ3n) is 5.93. The van der Waals surface area contributed by atoms with Gasteiger partial charge in [-0.25, -0.2) is 13.8 Å². The van der Waals surface area contributed by atoms with Gasteiger partial charge in [-0.2, -0.15) is 0 Å². The number of aliphatic imine (C=N–C) groups is 1. The van der Waals surface area contributed by atoms with E-state index in [0.29, 0.717) is 12.6 Å². The topological polar surface area (TPSA) is 65.7 Å². The first-order valence-electron chi connectivity index (χ1n) is 9.89. The minimum atomic E-state index is -0.810. The lowest BCUT2D eigenvalue weighted by molar-refractivity contribution is 0.163. The van der Waals surface area contributed by atoms with Crippen LogP contribution in [0.25, 0.3) is 0 Å². The lowest BCUT2D eigenvalue weighted by Crippen LogP contribution is -2.61. The van der Waals surface area contributed by atoms with Crippen LogP contribution in [-0.2, 0) is 6.54 Å². The molecule has 1 atom stereocenters. The Morgan fingerprint density at radius 3 is 2.46 bits per heavy atom. The van der Waals surface area contributed by atoms with E-state index in [0.717, 1.165) is 48.4 Å². The van der Waals surface area contributed by atoms with Gasteiger partial charge in [0.05, 0.1) is 0 Å². The lowest BCUT2D eigenvalue weighted by Gasteiger charge is -2.43. The van der Waals surface area contributed by atoms with E-state index in [2.05, 4.69) is 17.6 Å². The summed E-state index contributed by atoms with van der Waals surface area (Å²) in [6.45, 7) is 4.63. The third-order valence-corrected chi connectivity index (χ3v) is 5.93. The van der Waals surface area contributed by atoms with Crippen LogP contribution in [0.2, 0.25) is 0 Å². The first-order chi connectivity index (χ1) is 13.2. The Morgan fingerprint density at radius 1 is 1.18 bits per heavy atom. The first kappa shape index (κ1) is 20.7. The predicted molar refractivity (Wildman–Crippen MR) is 108 cm³/mol. The van der Waals surface area contributed by atoms with Gasteiger partial charge >= 0.3 is 0 Å². The smallest absolute Gasteiger partial charge is 0.187 e. The van der Waals surface area contributed by atoms with Crippen molar-refractivity contribution in [3.05, 3.63) is 46.7 Å². The Kier molecular flexibility index (Phi) is 6.05. The molecule has 3 rings (SSSR count). The average molecular weight is 392 g/mol. The molecule has 1 heterocycles. The van der Waals surface area contributed by atoms with E-state index in [4.69, 9.17) is 10.7 Å². The van der Waals surface area contributed by atoms with Crippen molar-refractivity contribution in [1.29, 1.82) is 0 Å². The van der Waals surface area contributed by atoms with Crippen molar-refractivity contribution in [3.8, 4) is 0 Å². The maximum absolute atomic E-state index is 13.3. The molecule has 1 aromatic rings. The predicted octanol–water partition coefficient (Wildman–Crippen LogP) is 3.08. The Morgan fingerprint density at radius 2 is 1.86 bits per heavy atom. The second-order valence-electron chi connectivity index (χ2n) is 8.21. The van der Waals surface area contributed by atoms with Crippen molar-refractivity contribution in [2.75, 3.05) is 14.1 Å². The molecule has 28 heavy (non-hydrogen) atoms. The molecule has 5 nitrogen and oxygen atoms in total. The molecule has 1 fully saturated rings. The van der Waals surface area contributed by atoms with E-state index in [9.17, 15) is 8.78 Å². The number of likely N-dealkylation sites (N-methyl/N-ethyl adjacent to an activating group) is 1. The highest BCUT2D eigenvalue weighted by atomic mass is 19.2. The van der Waals surface area contributed by atoms with Gasteiger partial charge in [-0.05, 0) is 57.2 Å². The van der Waals surface area contributed by atoms with Gasteiger partial charge in [0.15, 0.2) is 17.4 Å². The first-order valence-corrected chi connectivity index (χ1v) is 9.89. The van der Waals surface area contributed by atoms with Crippen molar-refractivity contribution in [3.63, 3.8) is 0 Å². The van der Waals surface area contributed by atoms with Gasteiger partial charge in [-0.1, -0.05) is 6.07 Å². The fourth-order valence-corrected chi connectivity index (χ4v) is 4.13. The van der Waals surface area contributed by atoms with Gasteiger partial charge in [-0.3, -0.25) is 5.73 Å². The van der Waals surface area contributed by atoms with Crippen molar-refractivity contribution in [2.45, 2.75) is 57.9 Å². The van der Waals surface area contributed by atoms with Crippen LogP contribution < -0.4 is 16.4 Å². The zero-order chi connectivity index (χ0) is 20.5. The van der Waals surface area contributed by atoms with E-state index in [1.54, 1.807) is 6.07 Å². The Hall–Kier alpha value is -1.99. The summed E-state index contributed by atoms with van der Waals surface area (Å²) < 4.78 is 26.4. The fourth-order valence-electron chi connectivity index (χ4n) is 4.13. The molecule has 1 aliphatic heterocycles. The van der Waals surface area contributed by atoms with Gasteiger partial charge in [0.25, 0.3) is 0 Å². The molecule has 0 radical (unpaired) electrons. The van der Waals surface area contributed by atoms with Crippen LogP contribution in [0.5, 0.6) is 0 Å². The molecule has 1 unspecified atom stereocenters.